The molecule has 0 saturated carbocycles. The molecule has 0 atom stereocenters. The molecule has 7 nitrogen and oxygen atoms in total. The van der Waals surface area contributed by atoms with E-state index in [2.05, 4.69) is 5.32 Å². The number of nitrogens with one attached hydrogen (secondary N) is 1. The van der Waals surface area contributed by atoms with Gasteiger partial charge >= 0.3 is 0 Å². The van der Waals surface area contributed by atoms with Crippen molar-refractivity contribution in [3.05, 3.63) is 69.8 Å². The van der Waals surface area contributed by atoms with Gasteiger partial charge in [0.2, 0.25) is 5.91 Å². The van der Waals surface area contributed by atoms with Crippen LogP contribution < -0.4 is 20.3 Å². The number of amides is 1. The predicted molar refractivity (Wildman–Crippen MR) is 132 cm³/mol. The van der Waals surface area contributed by atoms with E-state index in [-0.39, 0.29) is 17.2 Å². The van der Waals surface area contributed by atoms with E-state index in [0.717, 1.165) is 16.7 Å². The highest BCUT2D eigenvalue weighted by molar-refractivity contribution is 7.99. The van der Waals surface area contributed by atoms with Crippen molar-refractivity contribution < 1.29 is 14.3 Å². The number of thiophene rings is 1. The number of aromatic nitrogens is 2. The van der Waals surface area contributed by atoms with Crippen molar-refractivity contribution >= 4 is 39.2 Å². The molecule has 170 valence electrons. The first-order chi connectivity index (χ1) is 16.0. The van der Waals surface area contributed by atoms with Crippen molar-refractivity contribution in [2.75, 3.05) is 20.0 Å². The number of hydrogen-bond acceptors (Lipinski definition) is 7. The summed E-state index contributed by atoms with van der Waals surface area (Å²) in [5.74, 6) is 1.15. The van der Waals surface area contributed by atoms with E-state index in [4.69, 9.17) is 14.5 Å². The number of benzene rings is 2. The Labute approximate surface area is 199 Å². The summed E-state index contributed by atoms with van der Waals surface area (Å²) in [6, 6.07) is 15.4. The standard InChI is InChI=1S/C24H23N3O4S2/c1-27-23(29)22-20(17(13-32-22)15-8-5-4-6-9-15)26-24(27)33-14-19(28)25-12-16-10-7-11-18(30-2)21(16)31-3/h4-11,13H,12,14H2,1-3H3,(H,25,28). The first-order valence-electron chi connectivity index (χ1n) is 10.2. The molecule has 2 aromatic heterocycles. The maximum atomic E-state index is 12.9. The third kappa shape index (κ3) is 4.74. The van der Waals surface area contributed by atoms with Gasteiger partial charge < -0.3 is 14.8 Å². The van der Waals surface area contributed by atoms with E-state index >= 15 is 0 Å². The molecule has 0 bridgehead atoms. The van der Waals surface area contributed by atoms with Gasteiger partial charge in [0, 0.05) is 30.1 Å². The minimum absolute atomic E-state index is 0.115. The van der Waals surface area contributed by atoms with Gasteiger partial charge in [-0.1, -0.05) is 54.2 Å². The van der Waals surface area contributed by atoms with Crippen molar-refractivity contribution in [3.8, 4) is 22.6 Å². The lowest BCUT2D eigenvalue weighted by Gasteiger charge is -2.13. The maximum Gasteiger partial charge on any atom is 0.271 e. The molecule has 0 aliphatic rings. The molecule has 0 aliphatic carbocycles. The van der Waals surface area contributed by atoms with Crippen LogP contribution in [0.25, 0.3) is 21.3 Å². The predicted octanol–water partition coefficient (Wildman–Crippen LogP) is 4.09. The van der Waals surface area contributed by atoms with E-state index < -0.39 is 0 Å². The molecule has 0 aliphatic heterocycles. The largest absolute Gasteiger partial charge is 0.493 e. The molecule has 9 heteroatoms. The normalized spacial score (nSPS) is 10.9. The van der Waals surface area contributed by atoms with E-state index in [0.29, 0.717) is 33.4 Å². The van der Waals surface area contributed by atoms with Gasteiger partial charge in [-0.2, -0.15) is 0 Å². The fourth-order valence-electron chi connectivity index (χ4n) is 3.44. The van der Waals surface area contributed by atoms with Crippen LogP contribution in [0, 0.1) is 0 Å². The van der Waals surface area contributed by atoms with Gasteiger partial charge in [0.15, 0.2) is 16.7 Å². The van der Waals surface area contributed by atoms with Crippen LogP contribution in [0.3, 0.4) is 0 Å². The molecule has 2 aromatic carbocycles. The summed E-state index contributed by atoms with van der Waals surface area (Å²) in [5.41, 5.74) is 3.29. The van der Waals surface area contributed by atoms with Gasteiger partial charge in [0.25, 0.3) is 5.56 Å². The molecule has 4 rings (SSSR count). The van der Waals surface area contributed by atoms with Crippen LogP contribution in [0.5, 0.6) is 11.5 Å². The Morgan fingerprint density at radius 3 is 2.64 bits per heavy atom. The number of carbonyl (C=O) groups is 1. The second kappa shape index (κ2) is 10.1. The summed E-state index contributed by atoms with van der Waals surface area (Å²) in [5, 5.41) is 5.34. The van der Waals surface area contributed by atoms with Crippen LogP contribution in [0.1, 0.15) is 5.56 Å². The van der Waals surface area contributed by atoms with Crippen LogP contribution in [-0.2, 0) is 18.4 Å². The van der Waals surface area contributed by atoms with E-state index in [9.17, 15) is 9.59 Å². The number of thioether (sulfide) groups is 1. The molecule has 0 unspecified atom stereocenters. The molecule has 0 spiro atoms. The Morgan fingerprint density at radius 1 is 1.12 bits per heavy atom. The lowest BCUT2D eigenvalue weighted by Crippen LogP contribution is -2.26. The molecular formula is C24H23N3O4S2. The van der Waals surface area contributed by atoms with Crippen molar-refractivity contribution in [1.29, 1.82) is 0 Å². The highest BCUT2D eigenvalue weighted by Crippen LogP contribution is 2.32. The molecule has 0 fully saturated rings. The van der Waals surface area contributed by atoms with Gasteiger partial charge in [-0.25, -0.2) is 4.98 Å². The fraction of sp³-hybridized carbons (Fsp3) is 0.208. The summed E-state index contributed by atoms with van der Waals surface area (Å²) in [6.07, 6.45) is 0. The number of ether oxygens (including phenoxy) is 2. The Bertz CT molecular complexity index is 1350. The lowest BCUT2D eigenvalue weighted by atomic mass is 10.1. The van der Waals surface area contributed by atoms with Crippen molar-refractivity contribution in [2.45, 2.75) is 11.7 Å². The highest BCUT2D eigenvalue weighted by Gasteiger charge is 2.16. The molecule has 4 aromatic rings. The molecule has 33 heavy (non-hydrogen) atoms. The number of hydrogen-bond donors (Lipinski definition) is 1. The van der Waals surface area contributed by atoms with E-state index in [1.807, 2.05) is 47.8 Å². The summed E-state index contributed by atoms with van der Waals surface area (Å²) in [4.78, 5) is 30.1. The number of para-hydroxylation sites is 1. The zero-order chi connectivity index (χ0) is 23.4. The van der Waals surface area contributed by atoms with E-state index in [1.54, 1.807) is 27.3 Å². The van der Waals surface area contributed by atoms with Crippen LogP contribution in [0.2, 0.25) is 0 Å². The van der Waals surface area contributed by atoms with Crippen LogP contribution in [-0.4, -0.2) is 35.4 Å². The monoisotopic (exact) mass is 481 g/mol. The highest BCUT2D eigenvalue weighted by atomic mass is 32.2. The Kier molecular flexibility index (Phi) is 7.00. The topological polar surface area (TPSA) is 82.5 Å². The van der Waals surface area contributed by atoms with E-state index in [1.165, 1.54) is 27.7 Å². The second-order valence-corrected chi connectivity index (χ2v) is 8.99. The Hall–Kier alpha value is -3.30. The minimum atomic E-state index is -0.173. The number of fused-ring (bicyclic) bond motifs is 1. The molecule has 2 heterocycles. The molecule has 0 saturated heterocycles. The van der Waals surface area contributed by atoms with Crippen LogP contribution in [0.15, 0.2) is 63.9 Å². The van der Waals surface area contributed by atoms with Gasteiger partial charge in [-0.05, 0) is 11.6 Å². The fourth-order valence-corrected chi connectivity index (χ4v) is 5.23. The maximum absolute atomic E-state index is 12.9. The summed E-state index contributed by atoms with van der Waals surface area (Å²) < 4.78 is 12.8. The second-order valence-electron chi connectivity index (χ2n) is 7.17. The average molecular weight is 482 g/mol. The van der Waals surface area contributed by atoms with Crippen LogP contribution >= 0.6 is 23.1 Å². The quantitative estimate of drug-likeness (QED) is 0.302. The van der Waals surface area contributed by atoms with Crippen molar-refractivity contribution in [1.82, 2.24) is 14.9 Å². The van der Waals surface area contributed by atoms with Gasteiger partial charge in [-0.3, -0.25) is 14.2 Å². The number of rotatable bonds is 8. The molecule has 1 amide bonds. The number of carbonyl (C=O) groups excluding carboxylic acids is 1. The molecular weight excluding hydrogens is 458 g/mol. The summed E-state index contributed by atoms with van der Waals surface area (Å²) >= 11 is 2.62. The van der Waals surface area contributed by atoms with Gasteiger partial charge in [0.1, 0.15) is 4.70 Å². The smallest absolute Gasteiger partial charge is 0.271 e. The zero-order valence-electron chi connectivity index (χ0n) is 18.5. The number of methoxy groups -OCH3 is 2. The Morgan fingerprint density at radius 2 is 1.91 bits per heavy atom. The summed E-state index contributed by atoms with van der Waals surface area (Å²) in [7, 11) is 4.81. The molecule has 1 N–H and O–H groups in total. The van der Waals surface area contributed by atoms with Gasteiger partial charge in [0.05, 0.1) is 25.5 Å². The van der Waals surface area contributed by atoms with Crippen molar-refractivity contribution in [2.24, 2.45) is 7.05 Å². The summed E-state index contributed by atoms with van der Waals surface area (Å²) in [6.45, 7) is 0.299. The van der Waals surface area contributed by atoms with Crippen LogP contribution in [0.4, 0.5) is 0 Å². The first-order valence-corrected chi connectivity index (χ1v) is 12.0. The van der Waals surface area contributed by atoms with Crippen molar-refractivity contribution in [3.63, 3.8) is 0 Å². The third-order valence-corrected chi connectivity index (χ3v) is 7.12. The molecule has 0 radical (unpaired) electrons. The third-order valence-electron chi connectivity index (χ3n) is 5.14. The average Bonchev–Trinajstić information content (AvgIpc) is 3.28. The van der Waals surface area contributed by atoms with Gasteiger partial charge in [-0.15, -0.1) is 11.3 Å². The lowest BCUT2D eigenvalue weighted by molar-refractivity contribution is -0.118. The number of nitrogens with zero attached hydrogens (tertiary/aromatic N) is 2. The Balaban J connectivity index is 1.50. The minimum Gasteiger partial charge on any atom is -0.493 e. The first kappa shape index (κ1) is 22.9. The SMILES string of the molecule is COc1cccc(CNC(=O)CSc2nc3c(-c4ccccc4)csc3c(=O)n2C)c1OC. The zero-order valence-corrected chi connectivity index (χ0v) is 20.1.